The fourth-order valence-electron chi connectivity index (χ4n) is 3.75. The maximum absolute atomic E-state index is 13.1. The van der Waals surface area contributed by atoms with Crippen molar-refractivity contribution in [2.45, 2.75) is 19.9 Å². The number of aryl methyl sites for hydroxylation is 1. The molecule has 180 valence electrons. The molecule has 0 radical (unpaired) electrons. The fraction of sp³-hybridized carbons (Fsp3) is 0.179. The summed E-state index contributed by atoms with van der Waals surface area (Å²) in [7, 11) is 1.53. The van der Waals surface area contributed by atoms with Crippen LogP contribution in [0.3, 0.4) is 0 Å². The van der Waals surface area contributed by atoms with Crippen molar-refractivity contribution >= 4 is 29.6 Å². The van der Waals surface area contributed by atoms with Crippen LogP contribution in [0.5, 0.6) is 5.75 Å². The second-order valence-electron chi connectivity index (χ2n) is 7.70. The molecule has 0 saturated carbocycles. The predicted octanol–water partition coefficient (Wildman–Crippen LogP) is 4.81. The zero-order chi connectivity index (χ0) is 25.4. The Hall–Kier alpha value is -4.39. The van der Waals surface area contributed by atoms with Crippen LogP contribution in [0, 0.1) is 6.92 Å². The lowest BCUT2D eigenvalue weighted by atomic mass is 9.95. The molecule has 1 N–H and O–H groups in total. The first-order chi connectivity index (χ1) is 16.9. The van der Waals surface area contributed by atoms with Crippen molar-refractivity contribution in [3.63, 3.8) is 0 Å². The summed E-state index contributed by atoms with van der Waals surface area (Å²) in [5.41, 5.74) is 2.85. The molecule has 0 spiro atoms. The standard InChI is InChI=1S/C25H21NO4.C3H6O2/c1-16-11-13-19(14-12-16)26-22(17-7-4-3-5-8-17)21(24(28)25(26)29)23(27)18-9-6-10-20(15-18)30-2;1-2-5-3-4/h3-15,22,27H,1-2H3;3H,2H2,1H3/b23-21-;. The summed E-state index contributed by atoms with van der Waals surface area (Å²) in [6.45, 7) is 4.62. The lowest BCUT2D eigenvalue weighted by Crippen LogP contribution is -2.29. The number of ketones is 1. The second-order valence-corrected chi connectivity index (χ2v) is 7.70. The predicted molar refractivity (Wildman–Crippen MR) is 133 cm³/mol. The van der Waals surface area contributed by atoms with Gasteiger partial charge < -0.3 is 14.6 Å². The van der Waals surface area contributed by atoms with Crippen LogP contribution in [0.2, 0.25) is 0 Å². The zero-order valence-electron chi connectivity index (χ0n) is 19.8. The number of aliphatic hydroxyl groups excluding tert-OH is 1. The van der Waals surface area contributed by atoms with Crippen LogP contribution in [0.15, 0.2) is 84.4 Å². The van der Waals surface area contributed by atoms with Gasteiger partial charge in [0, 0.05) is 11.3 Å². The first-order valence-corrected chi connectivity index (χ1v) is 11.0. The summed E-state index contributed by atoms with van der Waals surface area (Å²) in [6, 6.07) is 22.7. The minimum Gasteiger partial charge on any atom is -0.507 e. The third kappa shape index (κ3) is 5.58. The van der Waals surface area contributed by atoms with E-state index in [0.29, 0.717) is 30.1 Å². The van der Waals surface area contributed by atoms with Crippen LogP contribution < -0.4 is 9.64 Å². The van der Waals surface area contributed by atoms with E-state index in [9.17, 15) is 19.5 Å². The van der Waals surface area contributed by atoms with Gasteiger partial charge in [0.05, 0.1) is 25.3 Å². The highest BCUT2D eigenvalue weighted by molar-refractivity contribution is 6.51. The molecule has 4 rings (SSSR count). The van der Waals surface area contributed by atoms with Crippen LogP contribution in [-0.4, -0.2) is 37.0 Å². The largest absolute Gasteiger partial charge is 0.507 e. The molecule has 1 heterocycles. The van der Waals surface area contributed by atoms with Crippen LogP contribution in [-0.2, 0) is 19.1 Å². The molecule has 1 aliphatic heterocycles. The van der Waals surface area contributed by atoms with E-state index in [2.05, 4.69) is 4.74 Å². The third-order valence-electron chi connectivity index (χ3n) is 5.45. The van der Waals surface area contributed by atoms with Gasteiger partial charge in [0.15, 0.2) is 0 Å². The third-order valence-corrected chi connectivity index (χ3v) is 5.45. The van der Waals surface area contributed by atoms with E-state index in [1.165, 1.54) is 12.0 Å². The van der Waals surface area contributed by atoms with Crippen molar-refractivity contribution in [2.75, 3.05) is 18.6 Å². The molecule has 1 saturated heterocycles. The van der Waals surface area contributed by atoms with Gasteiger partial charge in [0.25, 0.3) is 18.2 Å². The summed E-state index contributed by atoms with van der Waals surface area (Å²) in [5.74, 6) is -1.07. The smallest absolute Gasteiger partial charge is 0.300 e. The number of rotatable bonds is 6. The van der Waals surface area contributed by atoms with Crippen LogP contribution in [0.1, 0.15) is 29.7 Å². The molecular formula is C28H27NO6. The number of nitrogens with zero attached hydrogens (tertiary/aromatic N) is 1. The summed E-state index contributed by atoms with van der Waals surface area (Å²) in [5, 5.41) is 11.1. The molecule has 3 aromatic rings. The number of hydrogen-bond donors (Lipinski definition) is 1. The first kappa shape index (κ1) is 25.2. The van der Waals surface area contributed by atoms with Crippen molar-refractivity contribution in [1.82, 2.24) is 0 Å². The van der Waals surface area contributed by atoms with E-state index < -0.39 is 17.7 Å². The minimum atomic E-state index is -0.736. The van der Waals surface area contributed by atoms with Gasteiger partial charge >= 0.3 is 0 Å². The topological polar surface area (TPSA) is 93.1 Å². The van der Waals surface area contributed by atoms with E-state index in [1.54, 1.807) is 31.2 Å². The summed E-state index contributed by atoms with van der Waals surface area (Å²) in [6.07, 6.45) is 0. The van der Waals surface area contributed by atoms with Crippen LogP contribution in [0.25, 0.3) is 5.76 Å². The molecule has 3 aromatic carbocycles. The SMILES string of the molecule is CCOC=O.COc1cccc(/C(O)=C2/C(=O)C(=O)N(c3ccc(C)cc3)C2c2ccccc2)c1. The van der Waals surface area contributed by atoms with Gasteiger partial charge in [0.1, 0.15) is 11.5 Å². The van der Waals surface area contributed by atoms with Gasteiger partial charge in [-0.25, -0.2) is 0 Å². The lowest BCUT2D eigenvalue weighted by molar-refractivity contribution is -0.132. The van der Waals surface area contributed by atoms with Crippen molar-refractivity contribution < 1.29 is 29.0 Å². The Balaban J connectivity index is 0.000000623. The molecule has 1 amide bonds. The molecule has 1 unspecified atom stereocenters. The van der Waals surface area contributed by atoms with E-state index in [4.69, 9.17) is 4.74 Å². The monoisotopic (exact) mass is 473 g/mol. The molecule has 1 aliphatic rings. The average molecular weight is 474 g/mol. The fourth-order valence-corrected chi connectivity index (χ4v) is 3.75. The van der Waals surface area contributed by atoms with E-state index in [-0.39, 0.29) is 11.3 Å². The number of Topliss-reactive ketones (excluding diaryl/α,β-unsaturated/α-hetero) is 1. The molecule has 0 bridgehead atoms. The van der Waals surface area contributed by atoms with Gasteiger partial charge in [-0.15, -0.1) is 0 Å². The molecule has 0 aromatic heterocycles. The second kappa shape index (κ2) is 11.7. The Morgan fingerprint density at radius 2 is 1.69 bits per heavy atom. The summed E-state index contributed by atoms with van der Waals surface area (Å²) < 4.78 is 9.39. The summed E-state index contributed by atoms with van der Waals surface area (Å²) >= 11 is 0. The molecule has 0 aliphatic carbocycles. The normalized spacial score (nSPS) is 16.3. The first-order valence-electron chi connectivity index (χ1n) is 11.0. The number of anilines is 1. The lowest BCUT2D eigenvalue weighted by Gasteiger charge is -2.25. The molecule has 35 heavy (non-hydrogen) atoms. The maximum Gasteiger partial charge on any atom is 0.300 e. The Kier molecular flexibility index (Phi) is 8.40. The average Bonchev–Trinajstić information content (AvgIpc) is 3.16. The highest BCUT2D eigenvalue weighted by Crippen LogP contribution is 2.42. The van der Waals surface area contributed by atoms with E-state index >= 15 is 0 Å². The minimum absolute atomic E-state index is 0.0556. The Morgan fingerprint density at radius 3 is 2.26 bits per heavy atom. The highest BCUT2D eigenvalue weighted by Gasteiger charge is 2.46. The quantitative estimate of drug-likeness (QED) is 0.239. The number of amides is 1. The van der Waals surface area contributed by atoms with Crippen molar-refractivity contribution in [3.8, 4) is 5.75 Å². The number of benzene rings is 3. The van der Waals surface area contributed by atoms with Gasteiger partial charge in [-0.05, 0) is 43.7 Å². The summed E-state index contributed by atoms with van der Waals surface area (Å²) in [4.78, 5) is 36.7. The molecule has 1 fully saturated rings. The molecule has 7 heteroatoms. The van der Waals surface area contributed by atoms with E-state index in [0.717, 1.165) is 11.1 Å². The van der Waals surface area contributed by atoms with Crippen LogP contribution in [0.4, 0.5) is 5.69 Å². The highest BCUT2D eigenvalue weighted by atomic mass is 16.5. The number of ether oxygens (including phenoxy) is 2. The zero-order valence-corrected chi connectivity index (χ0v) is 19.8. The Bertz CT molecular complexity index is 1220. The number of carbonyl (C=O) groups is 3. The number of carbonyl (C=O) groups excluding carboxylic acids is 3. The van der Waals surface area contributed by atoms with Gasteiger partial charge in [0.2, 0.25) is 0 Å². The maximum atomic E-state index is 13.1. The van der Waals surface area contributed by atoms with Crippen molar-refractivity contribution in [2.24, 2.45) is 0 Å². The van der Waals surface area contributed by atoms with E-state index in [1.807, 2.05) is 61.5 Å². The van der Waals surface area contributed by atoms with Crippen LogP contribution >= 0.6 is 0 Å². The molecular weight excluding hydrogens is 446 g/mol. The number of aliphatic hydroxyl groups is 1. The molecule has 1 atom stereocenters. The van der Waals surface area contributed by atoms with Gasteiger partial charge in [-0.3, -0.25) is 19.3 Å². The number of hydrogen-bond acceptors (Lipinski definition) is 6. The molecule has 7 nitrogen and oxygen atoms in total. The number of methoxy groups -OCH3 is 1. The Morgan fingerprint density at radius 1 is 1.00 bits per heavy atom. The van der Waals surface area contributed by atoms with Crippen molar-refractivity contribution in [3.05, 3.63) is 101 Å². The van der Waals surface area contributed by atoms with Gasteiger partial charge in [-0.2, -0.15) is 0 Å². The van der Waals surface area contributed by atoms with Gasteiger partial charge in [-0.1, -0.05) is 60.2 Å². The Labute approximate surface area is 204 Å². The van der Waals surface area contributed by atoms with Crippen molar-refractivity contribution in [1.29, 1.82) is 0 Å².